The van der Waals surface area contributed by atoms with E-state index in [1.165, 1.54) is 5.56 Å². The fourth-order valence-corrected chi connectivity index (χ4v) is 2.50. The summed E-state index contributed by atoms with van der Waals surface area (Å²) in [6.07, 6.45) is 2.47. The SMILES string of the molecule is CCCN(CCC(=O)OCC)C(C)Cc1cccc(N)c1. The molecule has 0 fully saturated rings. The van der Waals surface area contributed by atoms with E-state index in [4.69, 9.17) is 10.5 Å². The smallest absolute Gasteiger partial charge is 0.307 e. The van der Waals surface area contributed by atoms with E-state index < -0.39 is 0 Å². The largest absolute Gasteiger partial charge is 0.466 e. The molecule has 1 atom stereocenters. The number of nitrogens with zero attached hydrogens (tertiary/aromatic N) is 1. The Bertz CT molecular complexity index is 435. The summed E-state index contributed by atoms with van der Waals surface area (Å²) in [5.41, 5.74) is 7.86. The molecule has 1 aromatic rings. The van der Waals surface area contributed by atoms with Crippen molar-refractivity contribution < 1.29 is 9.53 Å². The van der Waals surface area contributed by atoms with Crippen molar-refractivity contribution >= 4 is 11.7 Å². The van der Waals surface area contributed by atoms with Crippen molar-refractivity contribution in [1.82, 2.24) is 4.90 Å². The first kappa shape index (κ1) is 17.5. The average Bonchev–Trinajstić information content (AvgIpc) is 2.43. The van der Waals surface area contributed by atoms with E-state index in [1.807, 2.05) is 25.1 Å². The number of anilines is 1. The summed E-state index contributed by atoms with van der Waals surface area (Å²) in [6.45, 7) is 8.38. The van der Waals surface area contributed by atoms with Gasteiger partial charge in [0.25, 0.3) is 0 Å². The second-order valence-electron chi connectivity index (χ2n) is 5.39. The van der Waals surface area contributed by atoms with Crippen LogP contribution < -0.4 is 5.73 Å². The minimum Gasteiger partial charge on any atom is -0.466 e. The van der Waals surface area contributed by atoms with Crippen LogP contribution in [0.2, 0.25) is 0 Å². The predicted octanol–water partition coefficient (Wildman–Crippen LogP) is 2.87. The first-order valence-electron chi connectivity index (χ1n) is 7.80. The van der Waals surface area contributed by atoms with Crippen LogP contribution in [0.3, 0.4) is 0 Å². The summed E-state index contributed by atoms with van der Waals surface area (Å²) in [5, 5.41) is 0. The molecule has 0 aromatic heterocycles. The molecular formula is C17H28N2O2. The van der Waals surface area contributed by atoms with Gasteiger partial charge in [-0.2, -0.15) is 0 Å². The third-order valence-corrected chi connectivity index (χ3v) is 3.52. The molecule has 4 nitrogen and oxygen atoms in total. The molecule has 0 amide bonds. The number of carbonyl (C=O) groups is 1. The number of esters is 1. The molecule has 0 saturated heterocycles. The third kappa shape index (κ3) is 6.63. The van der Waals surface area contributed by atoms with Gasteiger partial charge < -0.3 is 10.5 Å². The van der Waals surface area contributed by atoms with Crippen LogP contribution in [0, 0.1) is 0 Å². The Morgan fingerprint density at radius 2 is 2.10 bits per heavy atom. The van der Waals surface area contributed by atoms with Gasteiger partial charge in [-0.25, -0.2) is 0 Å². The minimum atomic E-state index is -0.116. The zero-order valence-electron chi connectivity index (χ0n) is 13.5. The van der Waals surface area contributed by atoms with Crippen LogP contribution >= 0.6 is 0 Å². The van der Waals surface area contributed by atoms with Gasteiger partial charge in [0.1, 0.15) is 0 Å². The Kier molecular flexibility index (Phi) is 7.83. The Labute approximate surface area is 128 Å². The van der Waals surface area contributed by atoms with Crippen LogP contribution in [0.5, 0.6) is 0 Å². The maximum atomic E-state index is 11.5. The van der Waals surface area contributed by atoms with Crippen molar-refractivity contribution in [2.24, 2.45) is 0 Å². The van der Waals surface area contributed by atoms with Gasteiger partial charge in [-0.05, 0) is 50.9 Å². The van der Waals surface area contributed by atoms with Crippen molar-refractivity contribution in [3.63, 3.8) is 0 Å². The molecular weight excluding hydrogens is 264 g/mol. The van der Waals surface area contributed by atoms with Crippen LogP contribution in [0.15, 0.2) is 24.3 Å². The summed E-state index contributed by atoms with van der Waals surface area (Å²) >= 11 is 0. The van der Waals surface area contributed by atoms with Crippen molar-refractivity contribution in [2.45, 2.75) is 46.1 Å². The van der Waals surface area contributed by atoms with Crippen molar-refractivity contribution in [1.29, 1.82) is 0 Å². The number of rotatable bonds is 9. The summed E-state index contributed by atoms with van der Waals surface area (Å²) in [5.74, 6) is -0.116. The lowest BCUT2D eigenvalue weighted by atomic mass is 10.0. The molecule has 0 aliphatic carbocycles. The topological polar surface area (TPSA) is 55.6 Å². The maximum Gasteiger partial charge on any atom is 0.307 e. The molecule has 0 saturated carbocycles. The van der Waals surface area contributed by atoms with Gasteiger partial charge in [-0.3, -0.25) is 9.69 Å². The molecule has 0 bridgehead atoms. The van der Waals surface area contributed by atoms with Gasteiger partial charge in [0.2, 0.25) is 0 Å². The average molecular weight is 292 g/mol. The van der Waals surface area contributed by atoms with Gasteiger partial charge in [0.05, 0.1) is 13.0 Å². The van der Waals surface area contributed by atoms with E-state index in [-0.39, 0.29) is 5.97 Å². The zero-order valence-corrected chi connectivity index (χ0v) is 13.5. The van der Waals surface area contributed by atoms with Crippen LogP contribution in [-0.2, 0) is 16.0 Å². The van der Waals surface area contributed by atoms with Gasteiger partial charge in [-0.1, -0.05) is 19.1 Å². The van der Waals surface area contributed by atoms with E-state index in [2.05, 4.69) is 24.8 Å². The van der Waals surface area contributed by atoms with Gasteiger partial charge in [-0.15, -0.1) is 0 Å². The lowest BCUT2D eigenvalue weighted by Crippen LogP contribution is -2.37. The molecule has 0 spiro atoms. The second kappa shape index (κ2) is 9.40. The summed E-state index contributed by atoms with van der Waals surface area (Å²) in [7, 11) is 0. The Morgan fingerprint density at radius 3 is 2.71 bits per heavy atom. The first-order valence-corrected chi connectivity index (χ1v) is 7.80. The van der Waals surface area contributed by atoms with E-state index in [1.54, 1.807) is 0 Å². The standard InChI is InChI=1S/C17H28N2O2/c1-4-10-19(11-9-17(20)21-5-2)14(3)12-15-7-6-8-16(18)13-15/h6-8,13-14H,4-5,9-12,18H2,1-3H3. The molecule has 1 aromatic carbocycles. The van der Waals surface area contributed by atoms with Crippen LogP contribution in [-0.4, -0.2) is 36.6 Å². The predicted molar refractivity (Wildman–Crippen MR) is 87.1 cm³/mol. The summed E-state index contributed by atoms with van der Waals surface area (Å²) in [6, 6.07) is 8.38. The Balaban J connectivity index is 2.55. The molecule has 21 heavy (non-hydrogen) atoms. The molecule has 0 heterocycles. The molecule has 0 aliphatic heterocycles. The summed E-state index contributed by atoms with van der Waals surface area (Å²) < 4.78 is 5.00. The Morgan fingerprint density at radius 1 is 1.33 bits per heavy atom. The second-order valence-corrected chi connectivity index (χ2v) is 5.39. The number of nitrogens with two attached hydrogens (primary N) is 1. The Hall–Kier alpha value is -1.55. The molecule has 0 radical (unpaired) electrons. The van der Waals surface area contributed by atoms with E-state index in [9.17, 15) is 4.79 Å². The highest BCUT2D eigenvalue weighted by Crippen LogP contribution is 2.13. The highest BCUT2D eigenvalue weighted by Gasteiger charge is 2.15. The van der Waals surface area contributed by atoms with Gasteiger partial charge in [0, 0.05) is 18.3 Å². The molecule has 4 heteroatoms. The fourth-order valence-electron chi connectivity index (χ4n) is 2.50. The number of nitrogen functional groups attached to an aromatic ring is 1. The molecule has 118 valence electrons. The maximum absolute atomic E-state index is 11.5. The molecule has 0 aliphatic rings. The lowest BCUT2D eigenvalue weighted by molar-refractivity contribution is -0.143. The van der Waals surface area contributed by atoms with Gasteiger partial charge >= 0.3 is 5.97 Å². The number of ether oxygens (including phenoxy) is 1. The number of benzene rings is 1. The highest BCUT2D eigenvalue weighted by molar-refractivity contribution is 5.69. The van der Waals surface area contributed by atoms with Crippen molar-refractivity contribution in [3.05, 3.63) is 29.8 Å². The third-order valence-electron chi connectivity index (χ3n) is 3.52. The fraction of sp³-hybridized carbons (Fsp3) is 0.588. The normalized spacial score (nSPS) is 12.4. The van der Waals surface area contributed by atoms with Crippen molar-refractivity contribution in [2.75, 3.05) is 25.4 Å². The minimum absolute atomic E-state index is 0.116. The molecule has 1 unspecified atom stereocenters. The number of hydrogen-bond donors (Lipinski definition) is 1. The number of hydrogen-bond acceptors (Lipinski definition) is 4. The first-order chi connectivity index (χ1) is 10.1. The molecule has 2 N–H and O–H groups in total. The monoisotopic (exact) mass is 292 g/mol. The quantitative estimate of drug-likeness (QED) is 0.561. The van der Waals surface area contributed by atoms with Crippen LogP contribution in [0.1, 0.15) is 39.2 Å². The summed E-state index contributed by atoms with van der Waals surface area (Å²) in [4.78, 5) is 13.9. The van der Waals surface area contributed by atoms with Crippen molar-refractivity contribution in [3.8, 4) is 0 Å². The highest BCUT2D eigenvalue weighted by atomic mass is 16.5. The van der Waals surface area contributed by atoms with Crippen LogP contribution in [0.4, 0.5) is 5.69 Å². The van der Waals surface area contributed by atoms with E-state index in [0.29, 0.717) is 19.1 Å². The zero-order chi connectivity index (χ0) is 15.7. The van der Waals surface area contributed by atoms with Gasteiger partial charge in [0.15, 0.2) is 0 Å². The molecule has 1 rings (SSSR count). The van der Waals surface area contributed by atoms with E-state index >= 15 is 0 Å². The number of carbonyl (C=O) groups excluding carboxylic acids is 1. The van der Waals surface area contributed by atoms with Crippen LogP contribution in [0.25, 0.3) is 0 Å². The van der Waals surface area contributed by atoms with E-state index in [0.717, 1.165) is 31.6 Å². The lowest BCUT2D eigenvalue weighted by Gasteiger charge is -2.28.